The Morgan fingerprint density at radius 2 is 1.97 bits per heavy atom. The van der Waals surface area contributed by atoms with Gasteiger partial charge in [-0.05, 0) is 61.0 Å². The molecular formula is C22H21ClN2O4S. The molecule has 1 atom stereocenters. The number of benzene rings is 2. The molecule has 30 heavy (non-hydrogen) atoms. The number of para-hydroxylation sites is 1. The molecule has 0 saturated carbocycles. The second-order valence-electron chi connectivity index (χ2n) is 6.71. The van der Waals surface area contributed by atoms with Crippen molar-refractivity contribution in [2.24, 2.45) is 0 Å². The summed E-state index contributed by atoms with van der Waals surface area (Å²) in [5.41, 5.74) is 1.26. The highest BCUT2D eigenvalue weighted by atomic mass is 35.5. The van der Waals surface area contributed by atoms with E-state index in [1.807, 2.05) is 19.9 Å². The van der Waals surface area contributed by atoms with E-state index in [1.54, 1.807) is 48.5 Å². The summed E-state index contributed by atoms with van der Waals surface area (Å²) in [6.45, 7) is 3.62. The SMILES string of the molecule is CC[C@@H](C)Oc1ccc(/C=C2\SC(=O)N(CC(=O)Nc3ccccc3)C2=O)cc1Cl. The van der Waals surface area contributed by atoms with Crippen molar-refractivity contribution in [2.75, 3.05) is 11.9 Å². The molecule has 8 heteroatoms. The van der Waals surface area contributed by atoms with Crippen LogP contribution in [-0.2, 0) is 9.59 Å². The van der Waals surface area contributed by atoms with E-state index < -0.39 is 17.1 Å². The van der Waals surface area contributed by atoms with Gasteiger partial charge in [0.1, 0.15) is 12.3 Å². The average Bonchev–Trinajstić information content (AvgIpc) is 2.98. The fourth-order valence-corrected chi connectivity index (χ4v) is 3.73. The first-order chi connectivity index (χ1) is 14.4. The zero-order chi connectivity index (χ0) is 21.7. The molecule has 0 unspecified atom stereocenters. The Bertz CT molecular complexity index is 994. The van der Waals surface area contributed by atoms with Crippen molar-refractivity contribution in [2.45, 2.75) is 26.4 Å². The van der Waals surface area contributed by atoms with Gasteiger partial charge in [-0.1, -0.05) is 42.8 Å². The smallest absolute Gasteiger partial charge is 0.294 e. The summed E-state index contributed by atoms with van der Waals surface area (Å²) in [5.74, 6) is -0.391. The number of thioether (sulfide) groups is 1. The Balaban J connectivity index is 1.68. The highest BCUT2D eigenvalue weighted by molar-refractivity contribution is 8.18. The third-order valence-corrected chi connectivity index (χ3v) is 5.59. The number of rotatable bonds is 7. The Labute approximate surface area is 184 Å². The molecule has 1 aliphatic rings. The van der Waals surface area contributed by atoms with Gasteiger partial charge in [0.15, 0.2) is 0 Å². The summed E-state index contributed by atoms with van der Waals surface area (Å²) in [6.07, 6.45) is 2.47. The predicted molar refractivity (Wildman–Crippen MR) is 120 cm³/mol. The van der Waals surface area contributed by atoms with Crippen molar-refractivity contribution >= 4 is 52.2 Å². The van der Waals surface area contributed by atoms with E-state index in [4.69, 9.17) is 16.3 Å². The molecule has 1 N–H and O–H groups in total. The molecule has 3 rings (SSSR count). The first-order valence-electron chi connectivity index (χ1n) is 9.44. The van der Waals surface area contributed by atoms with Crippen LogP contribution in [0.4, 0.5) is 10.5 Å². The molecule has 0 bridgehead atoms. The number of hydrogen-bond acceptors (Lipinski definition) is 5. The molecule has 1 fully saturated rings. The van der Waals surface area contributed by atoms with E-state index in [0.717, 1.165) is 23.1 Å². The molecular weight excluding hydrogens is 424 g/mol. The van der Waals surface area contributed by atoms with Crippen LogP contribution < -0.4 is 10.1 Å². The van der Waals surface area contributed by atoms with Gasteiger partial charge in [-0.2, -0.15) is 0 Å². The molecule has 2 aromatic carbocycles. The van der Waals surface area contributed by atoms with Crippen molar-refractivity contribution < 1.29 is 19.1 Å². The number of amides is 3. The number of nitrogens with zero attached hydrogens (tertiary/aromatic N) is 1. The molecule has 2 aromatic rings. The van der Waals surface area contributed by atoms with Gasteiger partial charge in [0.25, 0.3) is 11.1 Å². The van der Waals surface area contributed by atoms with Gasteiger partial charge in [0.2, 0.25) is 5.91 Å². The lowest BCUT2D eigenvalue weighted by atomic mass is 10.2. The number of anilines is 1. The topological polar surface area (TPSA) is 75.7 Å². The molecule has 0 spiro atoms. The van der Waals surface area contributed by atoms with Crippen molar-refractivity contribution in [1.82, 2.24) is 4.90 Å². The van der Waals surface area contributed by atoms with Gasteiger partial charge in [0, 0.05) is 5.69 Å². The number of nitrogens with one attached hydrogen (secondary N) is 1. The summed E-state index contributed by atoms with van der Waals surface area (Å²) in [6, 6.07) is 14.0. The second kappa shape index (κ2) is 9.82. The van der Waals surface area contributed by atoms with Crippen molar-refractivity contribution in [3.05, 3.63) is 64.0 Å². The van der Waals surface area contributed by atoms with Crippen molar-refractivity contribution in [3.63, 3.8) is 0 Å². The standard InChI is InChI=1S/C22H21ClN2O4S/c1-3-14(2)29-18-10-9-15(11-17(18)23)12-19-21(27)25(22(28)30-19)13-20(26)24-16-7-5-4-6-8-16/h4-12,14H,3,13H2,1-2H3,(H,24,26)/b19-12-/t14-/m1/s1. The lowest BCUT2D eigenvalue weighted by molar-refractivity contribution is -0.127. The van der Waals surface area contributed by atoms with Gasteiger partial charge >= 0.3 is 0 Å². The minimum absolute atomic E-state index is 0.0342. The number of imide groups is 1. The van der Waals surface area contributed by atoms with Crippen LogP contribution in [0.5, 0.6) is 5.75 Å². The molecule has 3 amide bonds. The summed E-state index contributed by atoms with van der Waals surface area (Å²) in [5, 5.41) is 2.60. The maximum atomic E-state index is 12.6. The molecule has 156 valence electrons. The maximum absolute atomic E-state index is 12.6. The number of carbonyl (C=O) groups excluding carboxylic acids is 3. The molecule has 1 heterocycles. The summed E-state index contributed by atoms with van der Waals surface area (Å²) in [4.78, 5) is 38.2. The molecule has 0 radical (unpaired) electrons. The molecule has 1 aliphatic heterocycles. The number of ether oxygens (including phenoxy) is 1. The Morgan fingerprint density at radius 3 is 2.63 bits per heavy atom. The van der Waals surface area contributed by atoms with Crippen LogP contribution in [0.2, 0.25) is 5.02 Å². The number of hydrogen-bond donors (Lipinski definition) is 1. The van der Waals surface area contributed by atoms with Gasteiger partial charge in [-0.15, -0.1) is 0 Å². The second-order valence-corrected chi connectivity index (χ2v) is 8.11. The number of halogens is 1. The van der Waals surface area contributed by atoms with E-state index in [0.29, 0.717) is 22.0 Å². The lowest BCUT2D eigenvalue weighted by Gasteiger charge is -2.14. The van der Waals surface area contributed by atoms with Gasteiger partial charge in [0.05, 0.1) is 16.0 Å². The summed E-state index contributed by atoms with van der Waals surface area (Å²) >= 11 is 7.07. The van der Waals surface area contributed by atoms with E-state index in [-0.39, 0.29) is 17.6 Å². The zero-order valence-electron chi connectivity index (χ0n) is 16.6. The molecule has 0 aromatic heterocycles. The Kier molecular flexibility index (Phi) is 7.18. The van der Waals surface area contributed by atoms with Gasteiger partial charge < -0.3 is 10.1 Å². The zero-order valence-corrected chi connectivity index (χ0v) is 18.1. The first-order valence-corrected chi connectivity index (χ1v) is 10.6. The number of carbonyl (C=O) groups is 3. The maximum Gasteiger partial charge on any atom is 0.294 e. The first kappa shape index (κ1) is 21.9. The van der Waals surface area contributed by atoms with Crippen LogP contribution in [0.3, 0.4) is 0 Å². The third kappa shape index (κ3) is 5.43. The fourth-order valence-electron chi connectivity index (χ4n) is 2.66. The largest absolute Gasteiger partial charge is 0.489 e. The quantitative estimate of drug-likeness (QED) is 0.594. The third-order valence-electron chi connectivity index (χ3n) is 4.39. The summed E-state index contributed by atoms with van der Waals surface area (Å²) < 4.78 is 5.74. The highest BCUT2D eigenvalue weighted by Crippen LogP contribution is 2.34. The summed E-state index contributed by atoms with van der Waals surface area (Å²) in [7, 11) is 0. The lowest BCUT2D eigenvalue weighted by Crippen LogP contribution is -2.36. The predicted octanol–water partition coefficient (Wildman–Crippen LogP) is 5.19. The molecule has 1 saturated heterocycles. The van der Waals surface area contributed by atoms with E-state index in [9.17, 15) is 14.4 Å². The minimum atomic E-state index is -0.510. The Morgan fingerprint density at radius 1 is 1.23 bits per heavy atom. The van der Waals surface area contributed by atoms with Crippen LogP contribution in [0.25, 0.3) is 6.08 Å². The fraction of sp³-hybridized carbons (Fsp3) is 0.227. The average molecular weight is 445 g/mol. The van der Waals surface area contributed by atoms with Crippen LogP contribution in [-0.4, -0.2) is 34.6 Å². The molecule has 0 aliphatic carbocycles. The highest BCUT2D eigenvalue weighted by Gasteiger charge is 2.36. The van der Waals surface area contributed by atoms with Crippen LogP contribution in [0.1, 0.15) is 25.8 Å². The van der Waals surface area contributed by atoms with Crippen molar-refractivity contribution in [3.8, 4) is 5.75 Å². The minimum Gasteiger partial charge on any atom is -0.489 e. The molecule has 6 nitrogen and oxygen atoms in total. The van der Waals surface area contributed by atoms with Crippen LogP contribution in [0, 0.1) is 0 Å². The van der Waals surface area contributed by atoms with Crippen LogP contribution >= 0.6 is 23.4 Å². The van der Waals surface area contributed by atoms with Crippen molar-refractivity contribution in [1.29, 1.82) is 0 Å². The van der Waals surface area contributed by atoms with Gasteiger partial charge in [-0.25, -0.2) is 0 Å². The van der Waals surface area contributed by atoms with E-state index in [2.05, 4.69) is 5.32 Å². The van der Waals surface area contributed by atoms with E-state index >= 15 is 0 Å². The normalized spacial score (nSPS) is 16.1. The van der Waals surface area contributed by atoms with Crippen LogP contribution in [0.15, 0.2) is 53.4 Å². The monoisotopic (exact) mass is 444 g/mol. The Hall–Kier alpha value is -2.77. The van der Waals surface area contributed by atoms with Gasteiger partial charge in [-0.3, -0.25) is 19.3 Å². The van der Waals surface area contributed by atoms with E-state index in [1.165, 1.54) is 0 Å².